The minimum absolute atomic E-state index is 0.296. The van der Waals surface area contributed by atoms with Crippen LogP contribution in [-0.4, -0.2) is 17.2 Å². The van der Waals surface area contributed by atoms with E-state index in [2.05, 4.69) is 10.3 Å². The summed E-state index contributed by atoms with van der Waals surface area (Å²) in [5.74, 6) is -0.296. The molecule has 1 amide bonds. The third-order valence-electron chi connectivity index (χ3n) is 2.46. The number of anilines is 1. The lowest BCUT2D eigenvalue weighted by molar-refractivity contribution is 0.102. The average Bonchev–Trinajstić information content (AvgIpc) is 2.37. The van der Waals surface area contributed by atoms with Crippen LogP contribution in [0, 0.1) is 6.92 Å². The van der Waals surface area contributed by atoms with Crippen molar-refractivity contribution in [2.45, 2.75) is 6.92 Å². The molecule has 5 heteroatoms. The van der Waals surface area contributed by atoms with Crippen LogP contribution in [0.15, 0.2) is 36.7 Å². The summed E-state index contributed by atoms with van der Waals surface area (Å²) in [6, 6.07) is 6.64. The Hall–Kier alpha value is -2.20. The molecule has 19 heavy (non-hydrogen) atoms. The number of amides is 1. The van der Waals surface area contributed by atoms with Crippen LogP contribution in [0.2, 0.25) is 5.02 Å². The molecule has 1 aromatic carbocycles. The summed E-state index contributed by atoms with van der Waals surface area (Å²) in [7, 11) is 0. The van der Waals surface area contributed by atoms with E-state index in [-0.39, 0.29) is 5.91 Å². The van der Waals surface area contributed by atoms with Crippen molar-refractivity contribution >= 4 is 29.5 Å². The van der Waals surface area contributed by atoms with Gasteiger partial charge in [0.25, 0.3) is 5.91 Å². The number of hydrogen-bond acceptors (Lipinski definition) is 3. The van der Waals surface area contributed by atoms with E-state index in [0.29, 0.717) is 28.1 Å². The maximum Gasteiger partial charge on any atom is 0.255 e. The topological polar surface area (TPSA) is 59.1 Å². The van der Waals surface area contributed by atoms with Gasteiger partial charge in [-0.2, -0.15) is 0 Å². The first-order chi connectivity index (χ1) is 9.08. The van der Waals surface area contributed by atoms with Crippen molar-refractivity contribution in [3.05, 3.63) is 58.4 Å². The second kappa shape index (κ2) is 5.63. The first kappa shape index (κ1) is 13.2. The maximum absolute atomic E-state index is 12.0. The predicted molar refractivity (Wildman–Crippen MR) is 73.8 cm³/mol. The Kier molecular flexibility index (Phi) is 3.92. The third kappa shape index (κ3) is 3.39. The molecule has 1 heterocycles. The van der Waals surface area contributed by atoms with Crippen LogP contribution in [0.25, 0.3) is 0 Å². The summed E-state index contributed by atoms with van der Waals surface area (Å²) < 4.78 is 0. The zero-order valence-corrected chi connectivity index (χ0v) is 10.9. The number of hydrogen-bond donors (Lipinski definition) is 1. The van der Waals surface area contributed by atoms with Gasteiger partial charge in [-0.05, 0) is 36.8 Å². The van der Waals surface area contributed by atoms with Crippen LogP contribution in [0.5, 0.6) is 0 Å². The summed E-state index contributed by atoms with van der Waals surface area (Å²) in [6.07, 6.45) is 3.57. The highest BCUT2D eigenvalue weighted by Gasteiger charge is 2.08. The molecule has 0 spiro atoms. The number of aryl methyl sites for hydroxylation is 1. The van der Waals surface area contributed by atoms with Gasteiger partial charge >= 0.3 is 0 Å². The minimum atomic E-state index is -0.296. The number of nitrogens with one attached hydrogen (secondary N) is 1. The molecule has 2 rings (SSSR count). The van der Waals surface area contributed by atoms with E-state index < -0.39 is 0 Å². The Morgan fingerprint density at radius 1 is 1.26 bits per heavy atom. The number of aromatic nitrogens is 1. The van der Waals surface area contributed by atoms with E-state index in [1.54, 1.807) is 24.3 Å². The second-order valence-corrected chi connectivity index (χ2v) is 4.53. The second-order valence-electron chi connectivity index (χ2n) is 4.10. The molecule has 96 valence electrons. The minimum Gasteiger partial charge on any atom is -0.321 e. The van der Waals surface area contributed by atoms with Crippen molar-refractivity contribution in [3.63, 3.8) is 0 Å². The maximum atomic E-state index is 12.0. The predicted octanol–water partition coefficient (Wildman–Crippen LogP) is 3.11. The van der Waals surface area contributed by atoms with E-state index >= 15 is 0 Å². The van der Waals surface area contributed by atoms with Crippen LogP contribution in [0.4, 0.5) is 5.69 Å². The lowest BCUT2D eigenvalue weighted by atomic mass is 10.1. The molecule has 1 N–H and O–H groups in total. The zero-order valence-electron chi connectivity index (χ0n) is 10.2. The SMILES string of the molecule is Cc1cc(Cl)cc(C(=O)Nc2cncc(C=O)c2)c1. The van der Waals surface area contributed by atoms with Crippen molar-refractivity contribution in [2.75, 3.05) is 5.32 Å². The lowest BCUT2D eigenvalue weighted by Gasteiger charge is -2.06. The Balaban J connectivity index is 2.22. The van der Waals surface area contributed by atoms with Crippen molar-refractivity contribution in [3.8, 4) is 0 Å². The molecule has 0 saturated carbocycles. The molecule has 4 nitrogen and oxygen atoms in total. The molecule has 0 unspecified atom stereocenters. The van der Waals surface area contributed by atoms with E-state index in [9.17, 15) is 9.59 Å². The lowest BCUT2D eigenvalue weighted by Crippen LogP contribution is -2.12. The Morgan fingerprint density at radius 3 is 2.74 bits per heavy atom. The van der Waals surface area contributed by atoms with Gasteiger partial charge in [0.2, 0.25) is 0 Å². The van der Waals surface area contributed by atoms with Gasteiger partial charge in [0, 0.05) is 22.3 Å². The van der Waals surface area contributed by atoms with Crippen LogP contribution >= 0.6 is 11.6 Å². The number of rotatable bonds is 3. The molecule has 0 radical (unpaired) electrons. The van der Waals surface area contributed by atoms with Crippen LogP contribution < -0.4 is 5.32 Å². The number of carbonyl (C=O) groups is 2. The van der Waals surface area contributed by atoms with Gasteiger partial charge in [0.15, 0.2) is 6.29 Å². The number of nitrogens with zero attached hydrogens (tertiary/aromatic N) is 1. The number of benzene rings is 1. The molecule has 0 bridgehead atoms. The largest absolute Gasteiger partial charge is 0.321 e. The fourth-order valence-corrected chi connectivity index (χ4v) is 1.95. The van der Waals surface area contributed by atoms with E-state index in [4.69, 9.17) is 11.6 Å². The summed E-state index contributed by atoms with van der Waals surface area (Å²) in [5.41, 5.74) is 2.23. The van der Waals surface area contributed by atoms with Crippen molar-refractivity contribution in [2.24, 2.45) is 0 Å². The fourth-order valence-electron chi connectivity index (χ4n) is 1.66. The van der Waals surface area contributed by atoms with Gasteiger partial charge in [-0.3, -0.25) is 14.6 Å². The van der Waals surface area contributed by atoms with E-state index in [1.165, 1.54) is 12.4 Å². The zero-order chi connectivity index (χ0) is 13.8. The average molecular weight is 275 g/mol. The van der Waals surface area contributed by atoms with Crippen LogP contribution in [0.3, 0.4) is 0 Å². The highest BCUT2D eigenvalue weighted by molar-refractivity contribution is 6.31. The van der Waals surface area contributed by atoms with Gasteiger partial charge in [-0.15, -0.1) is 0 Å². The first-order valence-corrected chi connectivity index (χ1v) is 5.95. The fraction of sp³-hybridized carbons (Fsp3) is 0.0714. The normalized spacial score (nSPS) is 10.0. The monoisotopic (exact) mass is 274 g/mol. The van der Waals surface area contributed by atoms with Crippen molar-refractivity contribution in [1.29, 1.82) is 0 Å². The van der Waals surface area contributed by atoms with Gasteiger partial charge in [0.1, 0.15) is 0 Å². The summed E-state index contributed by atoms with van der Waals surface area (Å²) >= 11 is 5.91. The van der Waals surface area contributed by atoms with Crippen LogP contribution in [-0.2, 0) is 0 Å². The number of carbonyl (C=O) groups excluding carboxylic acids is 2. The van der Waals surface area contributed by atoms with Crippen LogP contribution in [0.1, 0.15) is 26.3 Å². The molecule has 0 atom stereocenters. The Bertz CT molecular complexity index is 621. The highest BCUT2D eigenvalue weighted by Crippen LogP contribution is 2.16. The molecule has 0 saturated heterocycles. The van der Waals surface area contributed by atoms with E-state index in [1.807, 2.05) is 6.92 Å². The first-order valence-electron chi connectivity index (χ1n) is 5.57. The molecule has 0 aliphatic heterocycles. The van der Waals surface area contributed by atoms with Gasteiger partial charge in [-0.25, -0.2) is 0 Å². The molecule has 2 aromatic rings. The smallest absolute Gasteiger partial charge is 0.255 e. The number of aldehydes is 1. The molecule has 0 aliphatic rings. The molecule has 1 aromatic heterocycles. The standard InChI is InChI=1S/C14H11ClN2O2/c1-9-2-11(5-12(15)3-9)14(19)17-13-4-10(8-18)6-16-7-13/h2-8H,1H3,(H,17,19). The van der Waals surface area contributed by atoms with Crippen molar-refractivity contribution in [1.82, 2.24) is 4.98 Å². The summed E-state index contributed by atoms with van der Waals surface area (Å²) in [4.78, 5) is 26.5. The highest BCUT2D eigenvalue weighted by atomic mass is 35.5. The summed E-state index contributed by atoms with van der Waals surface area (Å²) in [6.45, 7) is 1.86. The Morgan fingerprint density at radius 2 is 2.05 bits per heavy atom. The molecular weight excluding hydrogens is 264 g/mol. The third-order valence-corrected chi connectivity index (χ3v) is 2.68. The number of pyridine rings is 1. The Labute approximate surface area is 115 Å². The van der Waals surface area contributed by atoms with Gasteiger partial charge < -0.3 is 5.32 Å². The van der Waals surface area contributed by atoms with E-state index in [0.717, 1.165) is 5.56 Å². The molecule has 0 fully saturated rings. The van der Waals surface area contributed by atoms with Gasteiger partial charge in [0.05, 0.1) is 11.9 Å². The summed E-state index contributed by atoms with van der Waals surface area (Å²) in [5, 5.41) is 3.17. The van der Waals surface area contributed by atoms with Gasteiger partial charge in [-0.1, -0.05) is 11.6 Å². The number of halogens is 1. The quantitative estimate of drug-likeness (QED) is 0.875. The molecule has 0 aliphatic carbocycles. The van der Waals surface area contributed by atoms with Crippen molar-refractivity contribution < 1.29 is 9.59 Å². The molecular formula is C14H11ClN2O2.